The number of carbonyl (C=O) groups is 2. The van der Waals surface area contributed by atoms with Crippen molar-refractivity contribution in [2.24, 2.45) is 0 Å². The van der Waals surface area contributed by atoms with Crippen molar-refractivity contribution < 1.29 is 28.5 Å². The number of methoxy groups -OCH3 is 2. The van der Waals surface area contributed by atoms with Crippen LogP contribution in [0.3, 0.4) is 0 Å². The number of carbonyl (C=O) groups excluding carboxylic acids is 2. The molecule has 0 amide bonds. The third-order valence-electron chi connectivity index (χ3n) is 5.54. The number of benzene rings is 3. The van der Waals surface area contributed by atoms with E-state index in [1.165, 1.54) is 0 Å². The van der Waals surface area contributed by atoms with Gasteiger partial charge in [-0.2, -0.15) is 0 Å². The van der Waals surface area contributed by atoms with Crippen molar-refractivity contribution in [2.45, 2.75) is 26.2 Å². The molecule has 0 N–H and O–H groups in total. The van der Waals surface area contributed by atoms with Crippen LogP contribution in [-0.2, 0) is 5.41 Å². The molecule has 0 aliphatic carbocycles. The first kappa shape index (κ1) is 23.1. The van der Waals surface area contributed by atoms with Crippen LogP contribution in [0.15, 0.2) is 66.4 Å². The highest BCUT2D eigenvalue weighted by atomic mass is 16.5. The van der Waals surface area contributed by atoms with Gasteiger partial charge in [-0.1, -0.05) is 39.0 Å². The lowest BCUT2D eigenvalue weighted by atomic mass is 9.87. The van der Waals surface area contributed by atoms with Crippen molar-refractivity contribution in [1.29, 1.82) is 0 Å². The van der Waals surface area contributed by atoms with E-state index in [2.05, 4.69) is 20.8 Å². The zero-order chi connectivity index (χ0) is 24.5. The van der Waals surface area contributed by atoms with Gasteiger partial charge in [-0.25, -0.2) is 4.79 Å². The van der Waals surface area contributed by atoms with Gasteiger partial charge in [-0.15, -0.1) is 0 Å². The molecule has 0 saturated carbocycles. The van der Waals surface area contributed by atoms with Gasteiger partial charge in [0.25, 0.3) is 0 Å². The van der Waals surface area contributed by atoms with Gasteiger partial charge in [-0.05, 0) is 59.0 Å². The summed E-state index contributed by atoms with van der Waals surface area (Å²) in [6.45, 7) is 6.33. The van der Waals surface area contributed by atoms with Crippen molar-refractivity contribution in [3.05, 3.63) is 88.7 Å². The van der Waals surface area contributed by atoms with Gasteiger partial charge in [0.2, 0.25) is 5.78 Å². The topological polar surface area (TPSA) is 71.1 Å². The number of allylic oxidation sites excluding steroid dienone is 1. The minimum atomic E-state index is -0.481. The van der Waals surface area contributed by atoms with Crippen LogP contribution >= 0.6 is 0 Å². The Kier molecular flexibility index (Phi) is 6.16. The quantitative estimate of drug-likeness (QED) is 0.272. The number of ketones is 1. The molecule has 0 radical (unpaired) electrons. The maximum Gasteiger partial charge on any atom is 0.343 e. The van der Waals surface area contributed by atoms with Crippen LogP contribution in [0, 0.1) is 0 Å². The summed E-state index contributed by atoms with van der Waals surface area (Å²) in [7, 11) is 3.10. The Morgan fingerprint density at radius 2 is 1.59 bits per heavy atom. The molecule has 1 aliphatic heterocycles. The second-order valence-electron chi connectivity index (χ2n) is 8.93. The number of fused-ring (bicyclic) bond motifs is 1. The first-order valence-corrected chi connectivity index (χ1v) is 10.8. The number of hydrogen-bond donors (Lipinski definition) is 0. The van der Waals surface area contributed by atoms with Gasteiger partial charge >= 0.3 is 5.97 Å². The van der Waals surface area contributed by atoms with Crippen molar-refractivity contribution >= 4 is 17.8 Å². The molecule has 4 rings (SSSR count). The monoisotopic (exact) mass is 458 g/mol. The third kappa shape index (κ3) is 4.66. The fourth-order valence-electron chi connectivity index (χ4n) is 3.60. The molecule has 174 valence electrons. The number of hydrogen-bond acceptors (Lipinski definition) is 6. The Morgan fingerprint density at radius 1 is 0.882 bits per heavy atom. The van der Waals surface area contributed by atoms with E-state index in [0.29, 0.717) is 34.1 Å². The summed E-state index contributed by atoms with van der Waals surface area (Å²) in [6, 6.07) is 17.4. The van der Waals surface area contributed by atoms with Crippen LogP contribution in [0.4, 0.5) is 0 Å². The number of esters is 1. The first-order chi connectivity index (χ1) is 16.2. The van der Waals surface area contributed by atoms with E-state index in [4.69, 9.17) is 18.9 Å². The van der Waals surface area contributed by atoms with Crippen molar-refractivity contribution in [3.8, 4) is 23.0 Å². The Bertz CT molecular complexity index is 1280. The van der Waals surface area contributed by atoms with Gasteiger partial charge in [0.15, 0.2) is 17.3 Å². The van der Waals surface area contributed by atoms with E-state index < -0.39 is 5.97 Å². The molecule has 1 aliphatic rings. The SMILES string of the molecule is COc1ccc(/C=C2\Oc3cc(OC(=O)c4ccc(C(C)(C)C)cc4)ccc3C2=O)cc1OC. The summed E-state index contributed by atoms with van der Waals surface area (Å²) < 4.78 is 21.9. The molecule has 0 bridgehead atoms. The fourth-order valence-corrected chi connectivity index (χ4v) is 3.60. The highest BCUT2D eigenvalue weighted by Gasteiger charge is 2.28. The minimum absolute atomic E-state index is 0.00549. The number of rotatable bonds is 5. The Balaban J connectivity index is 1.51. The van der Waals surface area contributed by atoms with Gasteiger partial charge in [0.05, 0.1) is 25.3 Å². The van der Waals surface area contributed by atoms with E-state index in [0.717, 1.165) is 11.1 Å². The highest BCUT2D eigenvalue weighted by molar-refractivity contribution is 6.14. The maximum absolute atomic E-state index is 12.8. The van der Waals surface area contributed by atoms with E-state index >= 15 is 0 Å². The molecule has 0 unspecified atom stereocenters. The van der Waals surface area contributed by atoms with Gasteiger partial charge in [-0.3, -0.25) is 4.79 Å². The summed E-state index contributed by atoms with van der Waals surface area (Å²) >= 11 is 0. The second kappa shape index (κ2) is 9.06. The predicted octanol–water partition coefficient (Wildman–Crippen LogP) is 5.84. The van der Waals surface area contributed by atoms with Crippen molar-refractivity contribution in [2.75, 3.05) is 14.2 Å². The molecule has 3 aromatic carbocycles. The molecule has 34 heavy (non-hydrogen) atoms. The molecule has 0 fully saturated rings. The average molecular weight is 459 g/mol. The lowest BCUT2D eigenvalue weighted by Crippen LogP contribution is -2.12. The Labute approximate surface area is 198 Å². The molecule has 0 atom stereocenters. The van der Waals surface area contributed by atoms with Crippen LogP contribution < -0.4 is 18.9 Å². The molecular weight excluding hydrogens is 432 g/mol. The Hall–Kier alpha value is -4.06. The summed E-state index contributed by atoms with van der Waals surface area (Å²) in [5, 5.41) is 0. The summed E-state index contributed by atoms with van der Waals surface area (Å²) in [5.41, 5.74) is 2.69. The molecule has 0 saturated heterocycles. The van der Waals surface area contributed by atoms with Crippen molar-refractivity contribution in [3.63, 3.8) is 0 Å². The average Bonchev–Trinajstić information content (AvgIpc) is 3.12. The number of ether oxygens (including phenoxy) is 4. The first-order valence-electron chi connectivity index (χ1n) is 10.8. The maximum atomic E-state index is 12.8. The van der Waals surface area contributed by atoms with Gasteiger partial charge in [0, 0.05) is 6.07 Å². The van der Waals surface area contributed by atoms with Gasteiger partial charge in [0.1, 0.15) is 11.5 Å². The van der Waals surface area contributed by atoms with Crippen molar-refractivity contribution in [1.82, 2.24) is 0 Å². The van der Waals surface area contributed by atoms with Crippen LogP contribution in [0.2, 0.25) is 0 Å². The van der Waals surface area contributed by atoms with E-state index in [-0.39, 0.29) is 17.0 Å². The molecule has 0 spiro atoms. The van der Waals surface area contributed by atoms with Gasteiger partial charge < -0.3 is 18.9 Å². The zero-order valence-corrected chi connectivity index (χ0v) is 19.8. The molecule has 3 aromatic rings. The molecule has 6 heteroatoms. The van der Waals surface area contributed by atoms with Crippen LogP contribution in [-0.4, -0.2) is 26.0 Å². The standard InChI is InChI=1S/C28H26O6/c1-28(2,3)19-9-7-18(8-10-19)27(30)33-20-11-12-21-23(16-20)34-25(26(21)29)15-17-6-13-22(31-4)24(14-17)32-5/h6-16H,1-5H3/b25-15-. The molecule has 1 heterocycles. The normalized spacial score (nSPS) is 13.9. The molecular formula is C28H26O6. The molecule has 0 aromatic heterocycles. The minimum Gasteiger partial charge on any atom is -0.493 e. The highest BCUT2D eigenvalue weighted by Crippen LogP contribution is 2.36. The predicted molar refractivity (Wildman–Crippen MR) is 129 cm³/mol. The lowest BCUT2D eigenvalue weighted by molar-refractivity contribution is 0.0734. The summed E-state index contributed by atoms with van der Waals surface area (Å²) in [4.78, 5) is 25.4. The van der Waals surface area contributed by atoms with E-state index in [9.17, 15) is 9.59 Å². The van der Waals surface area contributed by atoms with Crippen LogP contribution in [0.25, 0.3) is 6.08 Å². The second-order valence-corrected chi connectivity index (χ2v) is 8.93. The fraction of sp³-hybridized carbons (Fsp3) is 0.214. The largest absolute Gasteiger partial charge is 0.493 e. The van der Waals surface area contributed by atoms with Crippen LogP contribution in [0.1, 0.15) is 52.6 Å². The lowest BCUT2D eigenvalue weighted by Gasteiger charge is -2.18. The summed E-state index contributed by atoms with van der Waals surface area (Å²) in [5.74, 6) is 1.21. The number of Topliss-reactive ketones (excluding diaryl/α,β-unsaturated/α-hetero) is 1. The summed E-state index contributed by atoms with van der Waals surface area (Å²) in [6.07, 6.45) is 1.63. The third-order valence-corrected chi connectivity index (χ3v) is 5.54. The van der Waals surface area contributed by atoms with Crippen LogP contribution in [0.5, 0.6) is 23.0 Å². The van der Waals surface area contributed by atoms with E-state index in [1.54, 1.807) is 68.8 Å². The Morgan fingerprint density at radius 3 is 2.24 bits per heavy atom. The molecule has 6 nitrogen and oxygen atoms in total. The zero-order valence-electron chi connectivity index (χ0n) is 19.8. The smallest absolute Gasteiger partial charge is 0.343 e. The van der Waals surface area contributed by atoms with E-state index in [1.807, 2.05) is 12.1 Å².